The largest absolute Gasteiger partial charge is 0.416 e. The molecule has 21 heavy (non-hydrogen) atoms. The van der Waals surface area contributed by atoms with E-state index in [1.807, 2.05) is 0 Å². The van der Waals surface area contributed by atoms with Gasteiger partial charge in [0.05, 0.1) is 11.6 Å². The van der Waals surface area contributed by atoms with Crippen LogP contribution in [0.4, 0.5) is 17.6 Å². The maximum Gasteiger partial charge on any atom is 0.416 e. The Morgan fingerprint density at radius 3 is 2.38 bits per heavy atom. The molecule has 0 aliphatic heterocycles. The first-order chi connectivity index (χ1) is 9.82. The van der Waals surface area contributed by atoms with Gasteiger partial charge in [0, 0.05) is 4.47 Å². The van der Waals surface area contributed by atoms with Crippen LogP contribution in [0.3, 0.4) is 0 Å². The molecule has 0 aliphatic rings. The molecule has 0 radical (unpaired) electrons. The summed E-state index contributed by atoms with van der Waals surface area (Å²) in [5.41, 5.74) is 1.72. The van der Waals surface area contributed by atoms with Crippen LogP contribution in [-0.2, 0) is 6.18 Å². The van der Waals surface area contributed by atoms with E-state index in [0.29, 0.717) is 10.0 Å². The Balaban J connectivity index is 2.58. The van der Waals surface area contributed by atoms with Gasteiger partial charge in [-0.15, -0.1) is 0 Å². The molecule has 2 rings (SSSR count). The van der Waals surface area contributed by atoms with Crippen LogP contribution in [0.5, 0.6) is 0 Å². The third-order valence-electron chi connectivity index (χ3n) is 2.98. The number of hydrogen-bond donors (Lipinski definition) is 2. The first-order valence-corrected chi connectivity index (χ1v) is 6.70. The van der Waals surface area contributed by atoms with Crippen LogP contribution in [-0.4, -0.2) is 0 Å². The van der Waals surface area contributed by atoms with Crippen molar-refractivity contribution in [3.05, 3.63) is 69.4 Å². The number of rotatable bonds is 3. The summed E-state index contributed by atoms with van der Waals surface area (Å²) in [5, 5.41) is 0. The molecule has 0 amide bonds. The molecular formula is C14H11BrF4N2. The highest BCUT2D eigenvalue weighted by Crippen LogP contribution is 2.37. The quantitative estimate of drug-likeness (QED) is 0.488. The summed E-state index contributed by atoms with van der Waals surface area (Å²) in [6.07, 6.45) is -4.54. The lowest BCUT2D eigenvalue weighted by atomic mass is 9.94. The van der Waals surface area contributed by atoms with E-state index in [1.165, 1.54) is 30.3 Å². The monoisotopic (exact) mass is 362 g/mol. The van der Waals surface area contributed by atoms with Gasteiger partial charge < -0.3 is 0 Å². The van der Waals surface area contributed by atoms with Crippen molar-refractivity contribution in [2.24, 2.45) is 5.84 Å². The molecule has 7 heteroatoms. The van der Waals surface area contributed by atoms with Crippen molar-refractivity contribution in [3.63, 3.8) is 0 Å². The molecule has 0 saturated carbocycles. The molecule has 0 bridgehead atoms. The molecule has 0 fully saturated rings. The highest BCUT2D eigenvalue weighted by atomic mass is 79.9. The molecule has 112 valence electrons. The van der Waals surface area contributed by atoms with E-state index < -0.39 is 23.6 Å². The summed E-state index contributed by atoms with van der Waals surface area (Å²) in [5.74, 6) is 4.84. The van der Waals surface area contributed by atoms with Gasteiger partial charge in [-0.05, 0) is 35.4 Å². The van der Waals surface area contributed by atoms with E-state index in [1.54, 1.807) is 0 Å². The zero-order chi connectivity index (χ0) is 15.6. The van der Waals surface area contributed by atoms with Crippen LogP contribution in [0.2, 0.25) is 0 Å². The molecule has 1 unspecified atom stereocenters. The number of hydrogen-bond acceptors (Lipinski definition) is 2. The molecule has 2 aromatic rings. The number of hydrazine groups is 1. The molecule has 0 heterocycles. The summed E-state index contributed by atoms with van der Waals surface area (Å²) in [6, 6.07) is 8.08. The van der Waals surface area contributed by atoms with E-state index in [2.05, 4.69) is 21.4 Å². The summed E-state index contributed by atoms with van der Waals surface area (Å²) >= 11 is 3.02. The molecule has 0 aliphatic carbocycles. The van der Waals surface area contributed by atoms with Crippen molar-refractivity contribution >= 4 is 15.9 Å². The summed E-state index contributed by atoms with van der Waals surface area (Å²) in [7, 11) is 0. The molecular weight excluding hydrogens is 352 g/mol. The standard InChI is InChI=1S/C14H11BrF4N2/c15-9-4-5-11(12(7-9)14(17,18)19)13(21-20)8-2-1-3-10(16)6-8/h1-7,13,21H,20H2. The molecule has 2 aromatic carbocycles. The van der Waals surface area contributed by atoms with Crippen molar-refractivity contribution in [3.8, 4) is 0 Å². The fourth-order valence-corrected chi connectivity index (χ4v) is 2.44. The Kier molecular flexibility index (Phi) is 4.65. The fourth-order valence-electron chi connectivity index (χ4n) is 2.08. The average Bonchev–Trinajstić information content (AvgIpc) is 2.40. The Bertz CT molecular complexity index is 643. The van der Waals surface area contributed by atoms with Gasteiger partial charge in [-0.1, -0.05) is 34.1 Å². The highest BCUT2D eigenvalue weighted by molar-refractivity contribution is 9.10. The smallest absolute Gasteiger partial charge is 0.271 e. The highest BCUT2D eigenvalue weighted by Gasteiger charge is 2.35. The van der Waals surface area contributed by atoms with Crippen LogP contribution in [0.1, 0.15) is 22.7 Å². The first-order valence-electron chi connectivity index (χ1n) is 5.91. The normalized spacial score (nSPS) is 13.2. The second-order valence-corrected chi connectivity index (χ2v) is 5.30. The van der Waals surface area contributed by atoms with Crippen molar-refractivity contribution in [1.29, 1.82) is 0 Å². The van der Waals surface area contributed by atoms with Crippen LogP contribution >= 0.6 is 15.9 Å². The number of alkyl halides is 3. The van der Waals surface area contributed by atoms with E-state index >= 15 is 0 Å². The SMILES string of the molecule is NNC(c1cccc(F)c1)c1ccc(Br)cc1C(F)(F)F. The lowest BCUT2D eigenvalue weighted by Crippen LogP contribution is -2.30. The van der Waals surface area contributed by atoms with E-state index in [4.69, 9.17) is 5.84 Å². The Morgan fingerprint density at radius 2 is 1.81 bits per heavy atom. The van der Waals surface area contributed by atoms with Crippen molar-refractivity contribution in [2.75, 3.05) is 0 Å². The predicted molar refractivity (Wildman–Crippen MR) is 74.7 cm³/mol. The second kappa shape index (κ2) is 6.13. The number of benzene rings is 2. The lowest BCUT2D eigenvalue weighted by Gasteiger charge is -2.22. The molecule has 0 saturated heterocycles. The summed E-state index contributed by atoms with van der Waals surface area (Å²) < 4.78 is 53.0. The molecule has 1 atom stereocenters. The van der Waals surface area contributed by atoms with Gasteiger partial charge >= 0.3 is 6.18 Å². The minimum absolute atomic E-state index is 0.0706. The molecule has 0 aromatic heterocycles. The van der Waals surface area contributed by atoms with Crippen LogP contribution in [0, 0.1) is 5.82 Å². The maximum atomic E-state index is 13.3. The van der Waals surface area contributed by atoms with E-state index in [-0.39, 0.29) is 5.56 Å². The van der Waals surface area contributed by atoms with Crippen LogP contribution in [0.15, 0.2) is 46.9 Å². The summed E-state index contributed by atoms with van der Waals surface area (Å²) in [6.45, 7) is 0. The summed E-state index contributed by atoms with van der Waals surface area (Å²) in [4.78, 5) is 0. The average molecular weight is 363 g/mol. The van der Waals surface area contributed by atoms with Gasteiger partial charge in [0.2, 0.25) is 0 Å². The predicted octanol–water partition coefficient (Wildman–Crippen LogP) is 4.16. The molecule has 2 nitrogen and oxygen atoms in total. The molecule has 0 spiro atoms. The second-order valence-electron chi connectivity index (χ2n) is 4.38. The zero-order valence-electron chi connectivity index (χ0n) is 10.6. The van der Waals surface area contributed by atoms with Gasteiger partial charge in [0.25, 0.3) is 0 Å². The van der Waals surface area contributed by atoms with Gasteiger partial charge in [-0.3, -0.25) is 5.84 Å². The van der Waals surface area contributed by atoms with Crippen molar-refractivity contribution in [1.82, 2.24) is 5.43 Å². The van der Waals surface area contributed by atoms with Gasteiger partial charge in [-0.2, -0.15) is 13.2 Å². The minimum atomic E-state index is -4.54. The topological polar surface area (TPSA) is 38.0 Å². The Morgan fingerprint density at radius 1 is 1.10 bits per heavy atom. The molecule has 3 N–H and O–H groups in total. The van der Waals surface area contributed by atoms with Gasteiger partial charge in [0.1, 0.15) is 5.82 Å². The van der Waals surface area contributed by atoms with Crippen LogP contribution < -0.4 is 11.3 Å². The number of halogens is 5. The van der Waals surface area contributed by atoms with Crippen LogP contribution in [0.25, 0.3) is 0 Å². The third kappa shape index (κ3) is 3.61. The minimum Gasteiger partial charge on any atom is -0.271 e. The Labute approximate surface area is 127 Å². The lowest BCUT2D eigenvalue weighted by molar-refractivity contribution is -0.138. The number of nitrogens with two attached hydrogens (primary N) is 1. The van der Waals surface area contributed by atoms with Crippen molar-refractivity contribution < 1.29 is 17.6 Å². The zero-order valence-corrected chi connectivity index (χ0v) is 12.2. The van der Waals surface area contributed by atoms with E-state index in [9.17, 15) is 17.6 Å². The van der Waals surface area contributed by atoms with Gasteiger partial charge in [0.15, 0.2) is 0 Å². The number of nitrogens with one attached hydrogen (secondary N) is 1. The third-order valence-corrected chi connectivity index (χ3v) is 3.47. The maximum absolute atomic E-state index is 13.3. The Hall–Kier alpha value is -1.44. The first kappa shape index (κ1) is 15.9. The fraction of sp³-hybridized carbons (Fsp3) is 0.143. The van der Waals surface area contributed by atoms with Gasteiger partial charge in [-0.25, -0.2) is 9.82 Å². The van der Waals surface area contributed by atoms with Crippen molar-refractivity contribution in [2.45, 2.75) is 12.2 Å². The van der Waals surface area contributed by atoms with E-state index in [0.717, 1.165) is 12.1 Å².